The van der Waals surface area contributed by atoms with Crippen LogP contribution in [0.15, 0.2) is 18.2 Å². The Morgan fingerprint density at radius 3 is 2.55 bits per heavy atom. The van der Waals surface area contributed by atoms with Crippen molar-refractivity contribution >= 4 is 11.3 Å². The maximum atomic E-state index is 13.9. The number of thiazole rings is 1. The topological polar surface area (TPSA) is 24.9 Å². The van der Waals surface area contributed by atoms with E-state index >= 15 is 0 Å². The predicted molar refractivity (Wildman–Crippen MR) is 78.9 cm³/mol. The molecule has 0 saturated carbocycles. The van der Waals surface area contributed by atoms with Crippen LogP contribution in [0.25, 0.3) is 10.6 Å². The molecule has 0 aliphatic heterocycles. The number of hydrogen-bond donors (Lipinski definition) is 1. The quantitative estimate of drug-likeness (QED) is 0.922. The molecule has 1 aromatic heterocycles. The SMILES string of the molecule is CNCc1sc(-c2cc(F)ccc2F)nc1C(C)(C)C. The Hall–Kier alpha value is -1.33. The molecule has 0 fully saturated rings. The molecule has 0 aliphatic rings. The van der Waals surface area contributed by atoms with E-state index in [4.69, 9.17) is 0 Å². The fourth-order valence-electron chi connectivity index (χ4n) is 1.99. The zero-order valence-electron chi connectivity index (χ0n) is 12.1. The van der Waals surface area contributed by atoms with Gasteiger partial charge in [-0.25, -0.2) is 13.8 Å². The molecular weight excluding hydrogens is 278 g/mol. The van der Waals surface area contributed by atoms with Gasteiger partial charge in [-0.3, -0.25) is 0 Å². The smallest absolute Gasteiger partial charge is 0.133 e. The van der Waals surface area contributed by atoms with Crippen LogP contribution in [0.1, 0.15) is 31.3 Å². The number of benzene rings is 1. The molecule has 0 spiro atoms. The van der Waals surface area contributed by atoms with Crippen LogP contribution in [0.5, 0.6) is 0 Å². The van der Waals surface area contributed by atoms with Gasteiger partial charge in [-0.05, 0) is 25.2 Å². The molecule has 2 nitrogen and oxygen atoms in total. The van der Waals surface area contributed by atoms with E-state index in [1.165, 1.54) is 17.4 Å². The summed E-state index contributed by atoms with van der Waals surface area (Å²) in [6.45, 7) is 6.86. The first-order valence-electron chi connectivity index (χ1n) is 6.43. The van der Waals surface area contributed by atoms with Gasteiger partial charge in [0.2, 0.25) is 0 Å². The summed E-state index contributed by atoms with van der Waals surface area (Å²) in [7, 11) is 1.86. The summed E-state index contributed by atoms with van der Waals surface area (Å²) in [4.78, 5) is 5.60. The fourth-order valence-corrected chi connectivity index (χ4v) is 3.30. The Balaban J connectivity index is 2.55. The molecule has 1 aromatic carbocycles. The maximum Gasteiger partial charge on any atom is 0.133 e. The van der Waals surface area contributed by atoms with E-state index in [1.807, 2.05) is 7.05 Å². The van der Waals surface area contributed by atoms with Crippen molar-refractivity contribution in [1.82, 2.24) is 10.3 Å². The van der Waals surface area contributed by atoms with Crippen molar-refractivity contribution < 1.29 is 8.78 Å². The van der Waals surface area contributed by atoms with Crippen molar-refractivity contribution in [3.05, 3.63) is 40.4 Å². The predicted octanol–water partition coefficient (Wildman–Crippen LogP) is 4.11. The van der Waals surface area contributed by atoms with Crippen LogP contribution < -0.4 is 5.32 Å². The van der Waals surface area contributed by atoms with Gasteiger partial charge < -0.3 is 5.32 Å². The second kappa shape index (κ2) is 5.58. The van der Waals surface area contributed by atoms with Crippen molar-refractivity contribution in [2.24, 2.45) is 0 Å². The lowest BCUT2D eigenvalue weighted by atomic mass is 9.91. The van der Waals surface area contributed by atoms with Crippen LogP contribution in [0.3, 0.4) is 0 Å². The molecule has 2 rings (SSSR count). The van der Waals surface area contributed by atoms with Crippen LogP contribution in [-0.4, -0.2) is 12.0 Å². The van der Waals surface area contributed by atoms with E-state index in [9.17, 15) is 8.78 Å². The molecule has 5 heteroatoms. The monoisotopic (exact) mass is 296 g/mol. The number of nitrogens with zero attached hydrogens (tertiary/aromatic N) is 1. The molecule has 108 valence electrons. The third-order valence-electron chi connectivity index (χ3n) is 2.90. The lowest BCUT2D eigenvalue weighted by Gasteiger charge is -2.17. The van der Waals surface area contributed by atoms with Gasteiger partial charge in [0.15, 0.2) is 0 Å². The van der Waals surface area contributed by atoms with Gasteiger partial charge in [-0.2, -0.15) is 0 Å². The van der Waals surface area contributed by atoms with E-state index in [0.29, 0.717) is 11.6 Å². The fraction of sp³-hybridized carbons (Fsp3) is 0.400. The van der Waals surface area contributed by atoms with Gasteiger partial charge >= 0.3 is 0 Å². The molecule has 0 unspecified atom stereocenters. The number of aromatic nitrogens is 1. The third-order valence-corrected chi connectivity index (χ3v) is 3.99. The molecule has 1 N–H and O–H groups in total. The van der Waals surface area contributed by atoms with Crippen molar-refractivity contribution in [3.63, 3.8) is 0 Å². The lowest BCUT2D eigenvalue weighted by Crippen LogP contribution is -2.16. The minimum Gasteiger partial charge on any atom is -0.315 e. The molecule has 0 bridgehead atoms. The zero-order chi connectivity index (χ0) is 14.9. The number of nitrogens with one attached hydrogen (secondary N) is 1. The molecule has 0 aliphatic carbocycles. The summed E-state index contributed by atoms with van der Waals surface area (Å²) in [5.74, 6) is -0.902. The van der Waals surface area contributed by atoms with E-state index in [2.05, 4.69) is 31.1 Å². The summed E-state index contributed by atoms with van der Waals surface area (Å²) in [6, 6.07) is 3.45. The summed E-state index contributed by atoms with van der Waals surface area (Å²) < 4.78 is 27.2. The highest BCUT2D eigenvalue weighted by molar-refractivity contribution is 7.15. The Labute approximate surface area is 121 Å². The van der Waals surface area contributed by atoms with E-state index in [0.717, 1.165) is 22.7 Å². The normalized spacial score (nSPS) is 11.9. The second-order valence-electron chi connectivity index (χ2n) is 5.70. The highest BCUT2D eigenvalue weighted by Crippen LogP contribution is 2.35. The van der Waals surface area contributed by atoms with E-state index < -0.39 is 11.6 Å². The van der Waals surface area contributed by atoms with Crippen LogP contribution >= 0.6 is 11.3 Å². The van der Waals surface area contributed by atoms with Crippen molar-refractivity contribution in [2.75, 3.05) is 7.05 Å². The average Bonchev–Trinajstić information content (AvgIpc) is 2.76. The average molecular weight is 296 g/mol. The largest absolute Gasteiger partial charge is 0.315 e. The Bertz CT molecular complexity index is 615. The summed E-state index contributed by atoms with van der Waals surface area (Å²) in [6.07, 6.45) is 0. The lowest BCUT2D eigenvalue weighted by molar-refractivity contribution is 0.563. The second-order valence-corrected chi connectivity index (χ2v) is 6.78. The van der Waals surface area contributed by atoms with E-state index in [-0.39, 0.29) is 11.0 Å². The molecule has 0 amide bonds. The molecule has 0 radical (unpaired) electrons. The molecule has 0 saturated heterocycles. The van der Waals surface area contributed by atoms with Crippen LogP contribution in [0.4, 0.5) is 8.78 Å². The maximum absolute atomic E-state index is 13.9. The molecule has 1 heterocycles. The van der Waals surface area contributed by atoms with Gasteiger partial charge in [0.05, 0.1) is 5.69 Å². The van der Waals surface area contributed by atoms with Gasteiger partial charge in [-0.1, -0.05) is 20.8 Å². The Morgan fingerprint density at radius 2 is 1.95 bits per heavy atom. The van der Waals surface area contributed by atoms with Crippen molar-refractivity contribution in [2.45, 2.75) is 32.7 Å². The first kappa shape index (κ1) is 15.1. The van der Waals surface area contributed by atoms with Gasteiger partial charge in [0, 0.05) is 22.4 Å². The first-order valence-corrected chi connectivity index (χ1v) is 7.25. The first-order chi connectivity index (χ1) is 9.32. The number of halogens is 2. The summed E-state index contributed by atoms with van der Waals surface area (Å²) in [5, 5.41) is 3.62. The molecule has 0 atom stereocenters. The summed E-state index contributed by atoms with van der Waals surface area (Å²) >= 11 is 1.41. The highest BCUT2D eigenvalue weighted by atomic mass is 32.1. The minimum atomic E-state index is -0.455. The number of rotatable bonds is 3. The van der Waals surface area contributed by atoms with Crippen LogP contribution in [-0.2, 0) is 12.0 Å². The summed E-state index contributed by atoms with van der Waals surface area (Å²) in [5.41, 5.74) is 1.02. The van der Waals surface area contributed by atoms with Crippen LogP contribution in [0, 0.1) is 11.6 Å². The van der Waals surface area contributed by atoms with Gasteiger partial charge in [-0.15, -0.1) is 11.3 Å². The zero-order valence-corrected chi connectivity index (χ0v) is 12.9. The molecular formula is C15H18F2N2S. The molecule has 20 heavy (non-hydrogen) atoms. The van der Waals surface area contributed by atoms with Gasteiger partial charge in [0.25, 0.3) is 0 Å². The third kappa shape index (κ3) is 3.04. The Kier molecular flexibility index (Phi) is 4.20. The van der Waals surface area contributed by atoms with Crippen molar-refractivity contribution in [1.29, 1.82) is 0 Å². The minimum absolute atomic E-state index is 0.134. The van der Waals surface area contributed by atoms with Crippen LogP contribution in [0.2, 0.25) is 0 Å². The van der Waals surface area contributed by atoms with Gasteiger partial charge in [0.1, 0.15) is 16.6 Å². The number of hydrogen-bond acceptors (Lipinski definition) is 3. The standard InChI is InChI=1S/C15H18F2N2S/c1-15(2,3)13-12(8-18-4)20-14(19-13)10-7-9(16)5-6-11(10)17/h5-7,18H,8H2,1-4H3. The van der Waals surface area contributed by atoms with E-state index in [1.54, 1.807) is 0 Å². The Morgan fingerprint density at radius 1 is 1.25 bits per heavy atom. The highest BCUT2D eigenvalue weighted by Gasteiger charge is 2.24. The molecule has 2 aromatic rings. The van der Waals surface area contributed by atoms with Crippen molar-refractivity contribution in [3.8, 4) is 10.6 Å².